The highest BCUT2D eigenvalue weighted by Crippen LogP contribution is 2.53. The predicted molar refractivity (Wildman–Crippen MR) is 219 cm³/mol. The van der Waals surface area contributed by atoms with Gasteiger partial charge >= 0.3 is 0 Å². The Balaban J connectivity index is 1.10. The molecule has 7 aromatic rings. The molecule has 2 bridgehead atoms. The maximum Gasteiger partial charge on any atom is 0.164 e. The Morgan fingerprint density at radius 3 is 1.52 bits per heavy atom. The van der Waals surface area contributed by atoms with Crippen LogP contribution >= 0.6 is 0 Å². The fourth-order valence-electron chi connectivity index (χ4n) is 9.14. The van der Waals surface area contributed by atoms with E-state index in [9.17, 15) is 5.26 Å². The largest absolute Gasteiger partial charge is 0.208 e. The molecule has 54 heavy (non-hydrogen) atoms. The van der Waals surface area contributed by atoms with Gasteiger partial charge in [0, 0.05) is 16.7 Å². The number of hydrogen-bond acceptors (Lipinski definition) is 4. The third-order valence-corrected chi connectivity index (χ3v) is 11.9. The van der Waals surface area contributed by atoms with E-state index in [0.717, 1.165) is 50.8 Å². The van der Waals surface area contributed by atoms with Gasteiger partial charge in [0.15, 0.2) is 17.5 Å². The molecule has 1 unspecified atom stereocenters. The lowest BCUT2D eigenvalue weighted by Gasteiger charge is -2.41. The highest BCUT2D eigenvalue weighted by molar-refractivity contribution is 5.80. The quantitative estimate of drug-likeness (QED) is 0.158. The van der Waals surface area contributed by atoms with Gasteiger partial charge < -0.3 is 0 Å². The minimum absolute atomic E-state index is 0.329. The van der Waals surface area contributed by atoms with E-state index in [1.54, 1.807) is 6.07 Å². The van der Waals surface area contributed by atoms with E-state index in [1.165, 1.54) is 55.2 Å². The van der Waals surface area contributed by atoms with E-state index >= 15 is 0 Å². The molecule has 1 aromatic heterocycles. The van der Waals surface area contributed by atoms with Crippen LogP contribution in [0.15, 0.2) is 152 Å². The summed E-state index contributed by atoms with van der Waals surface area (Å²) in [5, 5.41) is 9.70. The SMILES string of the molecule is CCC1(c2ccc(-c3ccc(-c4nc(-c5cccc(C#N)c5)nc(-c5cc(-c6ccccc6)cc(-c6ccccc6)c5)n4)cc3)cc2)C[C@@H]2CC[C@@H](C2)C1. The van der Waals surface area contributed by atoms with Crippen molar-refractivity contribution in [2.45, 2.75) is 50.9 Å². The van der Waals surface area contributed by atoms with Gasteiger partial charge in [-0.1, -0.05) is 141 Å². The van der Waals surface area contributed by atoms with Gasteiger partial charge in [0.1, 0.15) is 0 Å². The number of fused-ring (bicyclic) bond motifs is 2. The van der Waals surface area contributed by atoms with Crippen LogP contribution in [0.2, 0.25) is 0 Å². The molecular formula is C50H42N4. The van der Waals surface area contributed by atoms with Crippen LogP contribution in [0, 0.1) is 23.2 Å². The van der Waals surface area contributed by atoms with E-state index in [2.05, 4.69) is 128 Å². The van der Waals surface area contributed by atoms with Crippen LogP contribution in [0.1, 0.15) is 56.6 Å². The van der Waals surface area contributed by atoms with Crippen LogP contribution in [-0.2, 0) is 5.41 Å². The average Bonchev–Trinajstić information content (AvgIpc) is 3.61. The molecule has 0 N–H and O–H groups in total. The molecule has 2 saturated carbocycles. The van der Waals surface area contributed by atoms with E-state index in [4.69, 9.17) is 15.0 Å². The monoisotopic (exact) mass is 698 g/mol. The second-order valence-electron chi connectivity index (χ2n) is 15.3. The maximum atomic E-state index is 9.70. The summed E-state index contributed by atoms with van der Waals surface area (Å²) in [6.07, 6.45) is 8.18. The first-order chi connectivity index (χ1) is 26.6. The van der Waals surface area contributed by atoms with Crippen LogP contribution in [-0.4, -0.2) is 15.0 Å². The molecule has 0 aliphatic heterocycles. The first-order valence-corrected chi connectivity index (χ1v) is 19.3. The van der Waals surface area contributed by atoms with Crippen molar-refractivity contribution in [2.24, 2.45) is 11.8 Å². The summed E-state index contributed by atoms with van der Waals surface area (Å²) < 4.78 is 0. The molecule has 4 nitrogen and oxygen atoms in total. The van der Waals surface area contributed by atoms with Gasteiger partial charge in [0.2, 0.25) is 0 Å². The third-order valence-electron chi connectivity index (χ3n) is 11.9. The summed E-state index contributed by atoms with van der Waals surface area (Å²) in [5.74, 6) is 3.50. The van der Waals surface area contributed by atoms with Crippen molar-refractivity contribution in [3.05, 3.63) is 163 Å². The fourth-order valence-corrected chi connectivity index (χ4v) is 9.14. The molecule has 4 heteroatoms. The molecule has 2 fully saturated rings. The molecule has 3 atom stereocenters. The molecule has 0 spiro atoms. The Bertz CT molecular complexity index is 2390. The minimum Gasteiger partial charge on any atom is -0.208 e. The Labute approximate surface area is 318 Å². The van der Waals surface area contributed by atoms with Crippen LogP contribution in [0.4, 0.5) is 0 Å². The first-order valence-electron chi connectivity index (χ1n) is 19.3. The van der Waals surface area contributed by atoms with Crippen molar-refractivity contribution in [2.75, 3.05) is 0 Å². The summed E-state index contributed by atoms with van der Waals surface area (Å²) in [5.41, 5.74) is 11.8. The topological polar surface area (TPSA) is 62.5 Å². The number of benzene rings is 6. The van der Waals surface area contributed by atoms with Gasteiger partial charge in [0.25, 0.3) is 0 Å². The van der Waals surface area contributed by atoms with Crippen molar-refractivity contribution in [1.29, 1.82) is 5.26 Å². The van der Waals surface area contributed by atoms with Crippen molar-refractivity contribution < 1.29 is 0 Å². The number of nitriles is 1. The Kier molecular flexibility index (Phi) is 8.93. The van der Waals surface area contributed by atoms with Crippen LogP contribution in [0.5, 0.6) is 0 Å². The molecular weight excluding hydrogens is 657 g/mol. The highest BCUT2D eigenvalue weighted by atomic mass is 15.0. The zero-order valence-corrected chi connectivity index (χ0v) is 30.6. The maximum absolute atomic E-state index is 9.70. The van der Waals surface area contributed by atoms with Crippen molar-refractivity contribution in [3.63, 3.8) is 0 Å². The van der Waals surface area contributed by atoms with Crippen LogP contribution in [0.3, 0.4) is 0 Å². The van der Waals surface area contributed by atoms with E-state index < -0.39 is 0 Å². The van der Waals surface area contributed by atoms with Gasteiger partial charge in [-0.05, 0) is 112 Å². The second kappa shape index (κ2) is 14.3. The van der Waals surface area contributed by atoms with Crippen molar-refractivity contribution >= 4 is 0 Å². The molecule has 0 saturated heterocycles. The Hall–Kier alpha value is -6.18. The zero-order valence-electron chi connectivity index (χ0n) is 30.6. The smallest absolute Gasteiger partial charge is 0.164 e. The number of nitrogens with zero attached hydrogens (tertiary/aromatic N) is 4. The molecule has 6 aromatic carbocycles. The van der Waals surface area contributed by atoms with E-state index in [1.807, 2.05) is 30.3 Å². The Morgan fingerprint density at radius 2 is 0.963 bits per heavy atom. The average molecular weight is 699 g/mol. The van der Waals surface area contributed by atoms with Gasteiger partial charge in [-0.2, -0.15) is 5.26 Å². The summed E-state index contributed by atoms with van der Waals surface area (Å²) >= 11 is 0. The molecule has 2 aliphatic rings. The van der Waals surface area contributed by atoms with Gasteiger partial charge in [-0.3, -0.25) is 0 Å². The summed E-state index contributed by atoms with van der Waals surface area (Å²) in [6, 6.07) is 55.1. The lowest BCUT2D eigenvalue weighted by molar-refractivity contribution is 0.207. The predicted octanol–water partition coefficient (Wildman–Crippen LogP) is 12.6. The van der Waals surface area contributed by atoms with E-state index in [-0.39, 0.29) is 0 Å². The lowest BCUT2D eigenvalue weighted by Crippen LogP contribution is -2.33. The van der Waals surface area contributed by atoms with Crippen LogP contribution < -0.4 is 0 Å². The van der Waals surface area contributed by atoms with Crippen molar-refractivity contribution in [3.8, 4) is 73.6 Å². The Morgan fingerprint density at radius 1 is 0.500 bits per heavy atom. The third kappa shape index (κ3) is 6.63. The van der Waals surface area contributed by atoms with Gasteiger partial charge in [-0.15, -0.1) is 0 Å². The van der Waals surface area contributed by atoms with Gasteiger partial charge in [-0.25, -0.2) is 15.0 Å². The molecule has 0 amide bonds. The lowest BCUT2D eigenvalue weighted by atomic mass is 9.64. The number of aromatic nitrogens is 3. The molecule has 262 valence electrons. The van der Waals surface area contributed by atoms with Crippen molar-refractivity contribution in [1.82, 2.24) is 15.0 Å². The van der Waals surface area contributed by atoms with Gasteiger partial charge in [0.05, 0.1) is 11.6 Å². The molecule has 9 rings (SSSR count). The standard InChI is InChI=1S/C50H42N4/c1-2-50(31-34-16-17-35(26-34)32-50)46-24-22-40(23-25-46)39-18-20-41(21-19-39)47-52-48(42-15-9-10-36(27-42)33-51)54-49(53-47)45-29-43(37-11-5-3-6-12-37)28-44(30-45)38-13-7-4-8-14-38/h3-15,18-25,27-30,34-35H,2,16-17,26,31-32H2,1H3/t34-,35+,50?. The summed E-state index contributed by atoms with van der Waals surface area (Å²) in [6.45, 7) is 2.39. The number of hydrogen-bond donors (Lipinski definition) is 0. The number of rotatable bonds is 8. The molecule has 0 radical (unpaired) electrons. The van der Waals surface area contributed by atoms with E-state index in [0.29, 0.717) is 28.5 Å². The van der Waals surface area contributed by atoms with Crippen LogP contribution in [0.25, 0.3) is 67.5 Å². The normalized spacial score (nSPS) is 19.0. The molecule has 2 aliphatic carbocycles. The summed E-state index contributed by atoms with van der Waals surface area (Å²) in [4.78, 5) is 15.2. The zero-order chi connectivity index (χ0) is 36.5. The highest BCUT2D eigenvalue weighted by Gasteiger charge is 2.43. The fraction of sp³-hybridized carbons (Fsp3) is 0.200. The minimum atomic E-state index is 0.329. The first kappa shape index (κ1) is 33.6. The molecule has 1 heterocycles. The summed E-state index contributed by atoms with van der Waals surface area (Å²) in [7, 11) is 0. The second-order valence-corrected chi connectivity index (χ2v) is 15.3.